The van der Waals surface area contributed by atoms with E-state index in [-0.39, 0.29) is 18.3 Å². The van der Waals surface area contributed by atoms with Crippen LogP contribution in [-0.4, -0.2) is 24.1 Å². The molecule has 0 aromatic heterocycles. The number of halogens is 2. The minimum atomic E-state index is -0.363. The highest BCUT2D eigenvalue weighted by atomic mass is 79.9. The maximum atomic E-state index is 6.09. The summed E-state index contributed by atoms with van der Waals surface area (Å²) in [5, 5.41) is 0. The molecule has 2 rings (SSSR count). The van der Waals surface area contributed by atoms with Gasteiger partial charge in [0.1, 0.15) is 0 Å². The Morgan fingerprint density at radius 2 is 1.76 bits per heavy atom. The van der Waals surface area contributed by atoms with Crippen molar-refractivity contribution >= 4 is 57.7 Å². The molecule has 1 heterocycles. The number of hydrogen-bond donors (Lipinski definition) is 1. The molecule has 114 valence electrons. The lowest BCUT2D eigenvalue weighted by molar-refractivity contribution is 0.00578. The van der Waals surface area contributed by atoms with E-state index >= 15 is 0 Å². The average molecular weight is 434 g/mol. The van der Waals surface area contributed by atoms with Crippen LogP contribution in [0.5, 0.6) is 0 Å². The molecule has 0 bridgehead atoms. The van der Waals surface area contributed by atoms with Gasteiger partial charge in [0.05, 0.1) is 11.2 Å². The van der Waals surface area contributed by atoms with E-state index in [4.69, 9.17) is 9.31 Å². The van der Waals surface area contributed by atoms with Gasteiger partial charge in [-0.1, -0.05) is 37.9 Å². The molecular weight excluding hydrogens is 415 g/mol. The first-order valence-electron chi connectivity index (χ1n) is 6.78. The van der Waals surface area contributed by atoms with E-state index in [1.165, 1.54) is 0 Å². The molecule has 1 aromatic carbocycles. The second-order valence-electron chi connectivity index (χ2n) is 6.13. The van der Waals surface area contributed by atoms with Gasteiger partial charge in [-0.2, -0.15) is 12.6 Å². The molecule has 1 saturated heterocycles. The lowest BCUT2D eigenvalue weighted by Crippen LogP contribution is -2.41. The fourth-order valence-corrected chi connectivity index (χ4v) is 2.99. The van der Waals surface area contributed by atoms with Crippen LogP contribution in [-0.2, 0) is 9.31 Å². The summed E-state index contributed by atoms with van der Waals surface area (Å²) >= 11 is 11.5. The second-order valence-corrected chi connectivity index (χ2v) is 8.22. The summed E-state index contributed by atoms with van der Waals surface area (Å²) in [5.74, 6) is 0.579. The van der Waals surface area contributed by atoms with Crippen LogP contribution in [0.1, 0.15) is 33.3 Å². The Labute approximate surface area is 149 Å². The van der Waals surface area contributed by atoms with E-state index in [0.717, 1.165) is 20.0 Å². The minimum Gasteiger partial charge on any atom is -0.400 e. The number of thiol groups is 1. The molecule has 2 nitrogen and oxygen atoms in total. The fraction of sp³-hybridized carbons (Fsp3) is 0.467. The van der Waals surface area contributed by atoms with Crippen LogP contribution >= 0.6 is 44.5 Å². The van der Waals surface area contributed by atoms with Crippen LogP contribution in [0.3, 0.4) is 0 Å². The summed E-state index contributed by atoms with van der Waals surface area (Å²) in [6, 6.07) is 6.06. The average Bonchev–Trinajstić information content (AvgIpc) is 2.59. The molecule has 0 unspecified atom stereocenters. The Morgan fingerprint density at radius 3 is 2.29 bits per heavy atom. The van der Waals surface area contributed by atoms with Gasteiger partial charge >= 0.3 is 7.12 Å². The highest BCUT2D eigenvalue weighted by Gasteiger charge is 2.52. The van der Waals surface area contributed by atoms with Crippen molar-refractivity contribution in [2.45, 2.75) is 38.9 Å². The van der Waals surface area contributed by atoms with E-state index in [1.54, 1.807) is 0 Å². The van der Waals surface area contributed by atoms with Crippen molar-refractivity contribution in [1.29, 1.82) is 0 Å². The largest absolute Gasteiger partial charge is 0.491 e. The van der Waals surface area contributed by atoms with Crippen molar-refractivity contribution < 1.29 is 9.31 Å². The summed E-state index contributed by atoms with van der Waals surface area (Å²) in [6.07, 6.45) is 2.07. The van der Waals surface area contributed by atoms with Gasteiger partial charge in [-0.25, -0.2) is 0 Å². The highest BCUT2D eigenvalue weighted by Crippen LogP contribution is 2.39. The van der Waals surface area contributed by atoms with Crippen molar-refractivity contribution in [3.8, 4) is 0 Å². The lowest BCUT2D eigenvalue weighted by atomic mass is 9.78. The predicted molar refractivity (Wildman–Crippen MR) is 99.8 cm³/mol. The first-order chi connectivity index (χ1) is 9.66. The molecule has 0 amide bonds. The predicted octanol–water partition coefficient (Wildman–Crippen LogP) is 5.16. The zero-order valence-corrected chi connectivity index (χ0v) is 16.7. The Kier molecular flexibility index (Phi) is 5.37. The van der Waals surface area contributed by atoms with Crippen molar-refractivity contribution in [3.05, 3.63) is 38.2 Å². The van der Waals surface area contributed by atoms with Crippen LogP contribution in [0.25, 0.3) is 6.08 Å². The van der Waals surface area contributed by atoms with Gasteiger partial charge in [-0.05, 0) is 56.9 Å². The van der Waals surface area contributed by atoms with Gasteiger partial charge in [0.25, 0.3) is 0 Å². The zero-order valence-electron chi connectivity index (χ0n) is 12.6. The first-order valence-corrected chi connectivity index (χ1v) is 9.00. The van der Waals surface area contributed by atoms with Gasteiger partial charge in [-0.15, -0.1) is 0 Å². The van der Waals surface area contributed by atoms with Gasteiger partial charge < -0.3 is 9.31 Å². The fourth-order valence-electron chi connectivity index (χ4n) is 2.01. The molecule has 0 radical (unpaired) electrons. The van der Waals surface area contributed by atoms with Crippen LogP contribution in [0.15, 0.2) is 32.6 Å². The molecule has 0 aliphatic carbocycles. The first kappa shape index (κ1) is 17.6. The molecule has 0 spiro atoms. The summed E-state index contributed by atoms with van der Waals surface area (Å²) in [5.41, 5.74) is 1.40. The van der Waals surface area contributed by atoms with Gasteiger partial charge in [-0.3, -0.25) is 0 Å². The van der Waals surface area contributed by atoms with E-state index in [2.05, 4.69) is 84.3 Å². The lowest BCUT2D eigenvalue weighted by Gasteiger charge is -2.32. The van der Waals surface area contributed by atoms with E-state index in [0.29, 0.717) is 5.75 Å². The number of hydrogen-bond acceptors (Lipinski definition) is 3. The molecule has 1 fully saturated rings. The monoisotopic (exact) mass is 432 g/mol. The Morgan fingerprint density at radius 1 is 1.19 bits per heavy atom. The molecule has 1 aliphatic heterocycles. The van der Waals surface area contributed by atoms with Crippen molar-refractivity contribution in [1.82, 2.24) is 0 Å². The summed E-state index contributed by atoms with van der Waals surface area (Å²) in [4.78, 5) is 0. The minimum absolute atomic E-state index is 0.339. The molecule has 0 atom stereocenters. The van der Waals surface area contributed by atoms with E-state index in [1.807, 2.05) is 12.1 Å². The van der Waals surface area contributed by atoms with E-state index in [9.17, 15) is 0 Å². The van der Waals surface area contributed by atoms with Crippen molar-refractivity contribution in [2.75, 3.05) is 5.75 Å². The molecule has 1 aromatic rings. The Balaban J connectivity index is 2.33. The second kappa shape index (κ2) is 6.40. The molecule has 0 saturated carbocycles. The summed E-state index contributed by atoms with van der Waals surface area (Å²) < 4.78 is 14.2. The van der Waals surface area contributed by atoms with Crippen LogP contribution in [0.4, 0.5) is 0 Å². The molecule has 0 N–H and O–H groups in total. The van der Waals surface area contributed by atoms with Crippen LogP contribution < -0.4 is 0 Å². The molecule has 1 aliphatic rings. The third-order valence-electron chi connectivity index (χ3n) is 4.04. The van der Waals surface area contributed by atoms with Crippen molar-refractivity contribution in [2.24, 2.45) is 0 Å². The van der Waals surface area contributed by atoms with E-state index < -0.39 is 0 Å². The third kappa shape index (κ3) is 3.78. The molecule has 21 heavy (non-hydrogen) atoms. The maximum Gasteiger partial charge on any atom is 0.491 e. The smallest absolute Gasteiger partial charge is 0.400 e. The van der Waals surface area contributed by atoms with Gasteiger partial charge in [0.15, 0.2) is 0 Å². The molecule has 6 heteroatoms. The molecular formula is C15H19BBr2O2S. The van der Waals surface area contributed by atoms with Gasteiger partial charge in [0.2, 0.25) is 0 Å². The normalized spacial score (nSPS) is 20.9. The quantitative estimate of drug-likeness (QED) is 0.524. The zero-order chi connectivity index (χ0) is 15.8. The number of benzene rings is 1. The summed E-state index contributed by atoms with van der Waals surface area (Å²) in [7, 11) is -0.363. The van der Waals surface area contributed by atoms with Crippen molar-refractivity contribution in [3.63, 3.8) is 0 Å². The maximum absolute atomic E-state index is 6.09. The standard InChI is InChI=1S/C15H19BBr2O2S/c1-14(2)15(3,4)20-16(19-14)11(9-21)7-10-8-12(17)5-6-13(10)18/h5-8,21H,9H2,1-4H3. The number of rotatable bonds is 3. The van der Waals surface area contributed by atoms with Gasteiger partial charge in [0, 0.05) is 14.7 Å². The van der Waals surface area contributed by atoms with Crippen LogP contribution in [0.2, 0.25) is 0 Å². The summed E-state index contributed by atoms with van der Waals surface area (Å²) in [6.45, 7) is 8.21. The SMILES string of the molecule is CC1(C)OB(C(=Cc2cc(Br)ccc2Br)CS)OC1(C)C. The topological polar surface area (TPSA) is 18.5 Å². The van der Waals surface area contributed by atoms with Crippen LogP contribution in [0, 0.1) is 0 Å². The highest BCUT2D eigenvalue weighted by molar-refractivity contribution is 9.11. The Bertz CT molecular complexity index is 557. The third-order valence-corrected chi connectivity index (χ3v) is 5.62. The Hall–Kier alpha value is 0.255.